The molecule has 21 heavy (non-hydrogen) atoms. The van der Waals surface area contributed by atoms with Gasteiger partial charge < -0.3 is 15.8 Å². The van der Waals surface area contributed by atoms with Gasteiger partial charge in [0.25, 0.3) is 5.91 Å². The fourth-order valence-corrected chi connectivity index (χ4v) is 2.05. The highest BCUT2D eigenvalue weighted by Crippen LogP contribution is 2.22. The Bertz CT molecular complexity index is 656. The van der Waals surface area contributed by atoms with Gasteiger partial charge in [-0.2, -0.15) is 0 Å². The zero-order valence-electron chi connectivity index (χ0n) is 11.3. The van der Waals surface area contributed by atoms with Crippen molar-refractivity contribution in [2.75, 3.05) is 17.7 Å². The average molecular weight is 309 g/mol. The molecule has 2 aromatic rings. The number of rotatable bonds is 4. The quantitative estimate of drug-likeness (QED) is 0.846. The number of benzene rings is 2. The van der Waals surface area contributed by atoms with Gasteiger partial charge in [-0.15, -0.1) is 0 Å². The number of ether oxygens (including phenoxy) is 1. The first-order chi connectivity index (χ1) is 9.97. The van der Waals surface area contributed by atoms with Gasteiger partial charge in [-0.25, -0.2) is 4.39 Å². The monoisotopic (exact) mass is 308 g/mol. The maximum atomic E-state index is 13.2. The lowest BCUT2D eigenvalue weighted by molar-refractivity contribution is 0.102. The lowest BCUT2D eigenvalue weighted by Crippen LogP contribution is -2.12. The SMILES string of the molecule is CCOc1cc(N)cc(C(=O)Nc2cc(F)cc(Cl)c2)c1. The van der Waals surface area contributed by atoms with E-state index < -0.39 is 11.7 Å². The number of nitrogens with one attached hydrogen (secondary N) is 1. The van der Waals surface area contributed by atoms with E-state index in [2.05, 4.69) is 5.32 Å². The van der Waals surface area contributed by atoms with E-state index in [-0.39, 0.29) is 10.7 Å². The van der Waals surface area contributed by atoms with Crippen LogP contribution < -0.4 is 15.8 Å². The number of nitrogen functional groups attached to an aromatic ring is 1. The van der Waals surface area contributed by atoms with Gasteiger partial charge in [0.15, 0.2) is 0 Å². The molecule has 2 aromatic carbocycles. The molecule has 0 bridgehead atoms. The third-order valence-electron chi connectivity index (χ3n) is 2.62. The minimum Gasteiger partial charge on any atom is -0.494 e. The van der Waals surface area contributed by atoms with Crippen molar-refractivity contribution in [1.29, 1.82) is 0 Å². The van der Waals surface area contributed by atoms with Gasteiger partial charge >= 0.3 is 0 Å². The molecule has 0 heterocycles. The molecular weight excluding hydrogens is 295 g/mol. The smallest absolute Gasteiger partial charge is 0.255 e. The summed E-state index contributed by atoms with van der Waals surface area (Å²) in [6.45, 7) is 2.29. The molecule has 0 aromatic heterocycles. The molecule has 0 fully saturated rings. The maximum Gasteiger partial charge on any atom is 0.255 e. The van der Waals surface area contributed by atoms with Crippen molar-refractivity contribution in [3.8, 4) is 5.75 Å². The van der Waals surface area contributed by atoms with Crippen LogP contribution in [0.2, 0.25) is 5.02 Å². The summed E-state index contributed by atoms with van der Waals surface area (Å²) in [6, 6.07) is 8.50. The van der Waals surface area contributed by atoms with Gasteiger partial charge in [-0.3, -0.25) is 4.79 Å². The van der Waals surface area contributed by atoms with Crippen molar-refractivity contribution in [3.63, 3.8) is 0 Å². The third-order valence-corrected chi connectivity index (χ3v) is 2.84. The summed E-state index contributed by atoms with van der Waals surface area (Å²) in [7, 11) is 0. The molecule has 0 spiro atoms. The highest BCUT2D eigenvalue weighted by molar-refractivity contribution is 6.31. The van der Waals surface area contributed by atoms with Crippen LogP contribution in [0.5, 0.6) is 5.75 Å². The molecule has 4 nitrogen and oxygen atoms in total. The molecule has 3 N–H and O–H groups in total. The second-order valence-corrected chi connectivity index (χ2v) is 4.77. The lowest BCUT2D eigenvalue weighted by Gasteiger charge is -2.09. The Morgan fingerprint density at radius 3 is 2.71 bits per heavy atom. The van der Waals surface area contributed by atoms with Crippen LogP contribution >= 0.6 is 11.6 Å². The summed E-state index contributed by atoms with van der Waals surface area (Å²) >= 11 is 5.74. The van der Waals surface area contributed by atoms with Gasteiger partial charge in [0.2, 0.25) is 0 Å². The molecule has 0 saturated carbocycles. The third kappa shape index (κ3) is 4.10. The van der Waals surface area contributed by atoms with E-state index in [0.717, 1.165) is 6.07 Å². The predicted octanol–water partition coefficient (Wildman–Crippen LogP) is 3.71. The van der Waals surface area contributed by atoms with E-state index in [4.69, 9.17) is 22.1 Å². The number of amides is 1. The number of anilines is 2. The first-order valence-electron chi connectivity index (χ1n) is 6.28. The number of nitrogens with two attached hydrogens (primary N) is 1. The second kappa shape index (κ2) is 6.45. The van der Waals surface area contributed by atoms with E-state index in [1.54, 1.807) is 12.1 Å². The van der Waals surface area contributed by atoms with Gasteiger partial charge in [-0.1, -0.05) is 11.6 Å². The summed E-state index contributed by atoms with van der Waals surface area (Å²) in [5.74, 6) is -0.453. The molecule has 0 unspecified atom stereocenters. The van der Waals surface area contributed by atoms with Crippen LogP contribution in [0, 0.1) is 5.82 Å². The van der Waals surface area contributed by atoms with Crippen LogP contribution in [0.25, 0.3) is 0 Å². The Morgan fingerprint density at radius 2 is 2.05 bits per heavy atom. The fourth-order valence-electron chi connectivity index (χ4n) is 1.83. The molecule has 2 rings (SSSR count). The standard InChI is InChI=1S/C15H14ClFN2O2/c1-2-21-14-4-9(3-12(18)8-14)15(20)19-13-6-10(16)5-11(17)7-13/h3-8H,2,18H2,1H3,(H,19,20). The van der Waals surface area contributed by atoms with Crippen molar-refractivity contribution >= 4 is 28.9 Å². The topological polar surface area (TPSA) is 64.3 Å². The number of carbonyl (C=O) groups excluding carboxylic acids is 1. The molecule has 0 aliphatic heterocycles. The summed E-state index contributed by atoms with van der Waals surface area (Å²) in [4.78, 5) is 12.2. The molecule has 110 valence electrons. The van der Waals surface area contributed by atoms with E-state index in [1.165, 1.54) is 18.2 Å². The lowest BCUT2D eigenvalue weighted by atomic mass is 10.1. The minimum atomic E-state index is -0.527. The zero-order valence-corrected chi connectivity index (χ0v) is 12.1. The van der Waals surface area contributed by atoms with E-state index >= 15 is 0 Å². The molecule has 0 aliphatic carbocycles. The Balaban J connectivity index is 2.23. The Morgan fingerprint density at radius 1 is 1.29 bits per heavy atom. The first-order valence-corrected chi connectivity index (χ1v) is 6.66. The minimum absolute atomic E-state index is 0.202. The average Bonchev–Trinajstić information content (AvgIpc) is 2.37. The Hall–Kier alpha value is -2.27. The van der Waals surface area contributed by atoms with Crippen molar-refractivity contribution in [2.45, 2.75) is 6.92 Å². The van der Waals surface area contributed by atoms with Crippen LogP contribution in [-0.4, -0.2) is 12.5 Å². The molecule has 1 amide bonds. The van der Waals surface area contributed by atoms with Gasteiger partial charge in [0, 0.05) is 28.0 Å². The number of carbonyl (C=O) groups is 1. The molecule has 0 radical (unpaired) electrons. The van der Waals surface area contributed by atoms with Crippen LogP contribution in [0.1, 0.15) is 17.3 Å². The first kappa shape index (κ1) is 15.1. The van der Waals surface area contributed by atoms with Gasteiger partial charge in [0.1, 0.15) is 11.6 Å². The van der Waals surface area contributed by atoms with Crippen LogP contribution in [-0.2, 0) is 0 Å². The summed E-state index contributed by atoms with van der Waals surface area (Å²) in [5.41, 5.74) is 6.72. The second-order valence-electron chi connectivity index (χ2n) is 4.34. The van der Waals surface area contributed by atoms with E-state index in [9.17, 15) is 9.18 Å². The molecule has 0 atom stereocenters. The maximum absolute atomic E-state index is 13.2. The Labute approximate surface area is 126 Å². The van der Waals surface area contributed by atoms with Crippen molar-refractivity contribution < 1.29 is 13.9 Å². The van der Waals surface area contributed by atoms with Gasteiger partial charge in [-0.05, 0) is 37.3 Å². The fraction of sp³-hybridized carbons (Fsp3) is 0.133. The van der Waals surface area contributed by atoms with Crippen LogP contribution in [0.4, 0.5) is 15.8 Å². The predicted molar refractivity (Wildman–Crippen MR) is 81.4 cm³/mol. The van der Waals surface area contributed by atoms with Gasteiger partial charge in [0.05, 0.1) is 6.61 Å². The number of hydrogen-bond acceptors (Lipinski definition) is 3. The van der Waals surface area contributed by atoms with Crippen LogP contribution in [0.15, 0.2) is 36.4 Å². The van der Waals surface area contributed by atoms with Crippen molar-refractivity contribution in [2.24, 2.45) is 0 Å². The van der Waals surface area contributed by atoms with E-state index in [1.807, 2.05) is 6.92 Å². The molecular formula is C15H14ClFN2O2. The summed E-state index contributed by atoms with van der Waals surface area (Å²) in [5, 5.41) is 2.76. The largest absolute Gasteiger partial charge is 0.494 e. The highest BCUT2D eigenvalue weighted by atomic mass is 35.5. The highest BCUT2D eigenvalue weighted by Gasteiger charge is 2.10. The Kier molecular flexibility index (Phi) is 4.65. The molecule has 0 saturated heterocycles. The van der Waals surface area contributed by atoms with E-state index in [0.29, 0.717) is 23.6 Å². The summed E-state index contributed by atoms with van der Waals surface area (Å²) in [6.07, 6.45) is 0. The summed E-state index contributed by atoms with van der Waals surface area (Å²) < 4.78 is 18.6. The van der Waals surface area contributed by atoms with Crippen molar-refractivity contribution in [1.82, 2.24) is 0 Å². The molecule has 0 aliphatic rings. The normalized spacial score (nSPS) is 10.2. The number of halogens is 2. The van der Waals surface area contributed by atoms with Crippen LogP contribution in [0.3, 0.4) is 0 Å². The molecule has 6 heteroatoms. The number of hydrogen-bond donors (Lipinski definition) is 2. The van der Waals surface area contributed by atoms with Crippen molar-refractivity contribution in [3.05, 3.63) is 52.8 Å². The zero-order chi connectivity index (χ0) is 15.4.